The maximum absolute atomic E-state index is 12.3. The molecule has 1 saturated heterocycles. The first-order valence-electron chi connectivity index (χ1n) is 10.6. The molecular weight excluding hydrogens is 468 g/mol. The van der Waals surface area contributed by atoms with Gasteiger partial charge < -0.3 is 54.7 Å². The highest BCUT2D eigenvalue weighted by Gasteiger charge is 2.45. The Morgan fingerprint density at radius 2 is 1.66 bits per heavy atom. The third-order valence-electron chi connectivity index (χ3n) is 5.63. The van der Waals surface area contributed by atoms with Crippen LogP contribution in [0.2, 0.25) is 0 Å². The molecule has 35 heavy (non-hydrogen) atoms. The van der Waals surface area contributed by atoms with Gasteiger partial charge >= 0.3 is 5.97 Å². The molecule has 1 unspecified atom stereocenters. The SMILES string of the molecule is COc1cc(C(C)CO)ccc1O[C@@H]1O[C@H](COC(=O)c2cc(O)c(O)c(O)c2)[C@@H](O)[C@@H](O)[C@H]1O. The number of benzene rings is 2. The molecule has 2 aromatic rings. The van der Waals surface area contributed by atoms with Crippen LogP contribution in [0, 0.1) is 0 Å². The standard InChI is InChI=1S/C23H28O12/c1-10(8-24)11-3-4-15(16(7-11)32-2)34-23-21(30)20(29)19(28)17(35-23)9-33-22(31)12-5-13(25)18(27)14(26)6-12/h3-7,10,17,19-21,23-30H,8-9H2,1-2H3/t10?,17-,19-,20-,21-,23-/m1/s1. The van der Waals surface area contributed by atoms with E-state index in [0.29, 0.717) is 0 Å². The predicted octanol–water partition coefficient (Wildman–Crippen LogP) is -0.0488. The van der Waals surface area contributed by atoms with Crippen LogP contribution in [0.4, 0.5) is 0 Å². The van der Waals surface area contributed by atoms with E-state index in [1.165, 1.54) is 13.2 Å². The van der Waals surface area contributed by atoms with Crippen molar-refractivity contribution in [1.29, 1.82) is 0 Å². The summed E-state index contributed by atoms with van der Waals surface area (Å²) in [6, 6.07) is 6.59. The van der Waals surface area contributed by atoms with Gasteiger partial charge in [0.15, 0.2) is 28.7 Å². The zero-order valence-corrected chi connectivity index (χ0v) is 18.9. The average molecular weight is 496 g/mol. The fourth-order valence-electron chi connectivity index (χ4n) is 3.43. The summed E-state index contributed by atoms with van der Waals surface area (Å²) in [7, 11) is 1.40. The summed E-state index contributed by atoms with van der Waals surface area (Å²) < 4.78 is 21.6. The van der Waals surface area contributed by atoms with Gasteiger partial charge in [0, 0.05) is 12.5 Å². The largest absolute Gasteiger partial charge is 0.504 e. The zero-order chi connectivity index (χ0) is 25.9. The van der Waals surface area contributed by atoms with Gasteiger partial charge in [0.2, 0.25) is 6.29 Å². The topological polar surface area (TPSA) is 196 Å². The number of aliphatic hydroxyl groups is 4. The molecule has 12 nitrogen and oxygen atoms in total. The van der Waals surface area contributed by atoms with Crippen LogP contribution in [0.5, 0.6) is 28.7 Å². The second-order valence-electron chi connectivity index (χ2n) is 8.09. The van der Waals surface area contributed by atoms with Crippen molar-refractivity contribution in [2.24, 2.45) is 0 Å². The van der Waals surface area contributed by atoms with Gasteiger partial charge in [-0.05, 0) is 29.8 Å². The number of phenols is 3. The highest BCUT2D eigenvalue weighted by Crippen LogP contribution is 2.36. The fourth-order valence-corrected chi connectivity index (χ4v) is 3.43. The number of hydrogen-bond acceptors (Lipinski definition) is 12. The van der Waals surface area contributed by atoms with Crippen molar-refractivity contribution in [2.75, 3.05) is 20.3 Å². The summed E-state index contributed by atoms with van der Waals surface area (Å²) in [6.07, 6.45) is -7.81. The van der Waals surface area contributed by atoms with E-state index in [1.807, 2.05) is 6.92 Å². The minimum atomic E-state index is -1.71. The van der Waals surface area contributed by atoms with Gasteiger partial charge in [-0.3, -0.25) is 0 Å². The lowest BCUT2D eigenvalue weighted by Crippen LogP contribution is -2.60. The average Bonchev–Trinajstić information content (AvgIpc) is 2.85. The third-order valence-corrected chi connectivity index (χ3v) is 5.63. The number of phenolic OH excluding ortho intramolecular Hbond substituents is 3. The van der Waals surface area contributed by atoms with E-state index in [-0.39, 0.29) is 29.6 Å². The summed E-state index contributed by atoms with van der Waals surface area (Å²) in [5.74, 6) is -3.06. The maximum Gasteiger partial charge on any atom is 0.338 e. The Morgan fingerprint density at radius 1 is 1.00 bits per heavy atom. The molecule has 7 N–H and O–H groups in total. The van der Waals surface area contributed by atoms with Crippen LogP contribution in [-0.2, 0) is 9.47 Å². The minimum absolute atomic E-state index is 0.0817. The van der Waals surface area contributed by atoms with Gasteiger partial charge in [-0.15, -0.1) is 0 Å². The van der Waals surface area contributed by atoms with Crippen LogP contribution < -0.4 is 9.47 Å². The molecule has 12 heteroatoms. The van der Waals surface area contributed by atoms with Crippen molar-refractivity contribution in [3.05, 3.63) is 41.5 Å². The molecule has 1 heterocycles. The van der Waals surface area contributed by atoms with E-state index < -0.39 is 60.5 Å². The number of hydrogen-bond donors (Lipinski definition) is 7. The lowest BCUT2D eigenvalue weighted by molar-refractivity contribution is -0.277. The summed E-state index contributed by atoms with van der Waals surface area (Å²) >= 11 is 0. The molecule has 0 spiro atoms. The number of aliphatic hydroxyl groups excluding tert-OH is 4. The van der Waals surface area contributed by atoms with E-state index in [0.717, 1.165) is 17.7 Å². The molecule has 192 valence electrons. The van der Waals surface area contributed by atoms with Crippen molar-refractivity contribution >= 4 is 5.97 Å². The molecule has 1 aliphatic heterocycles. The van der Waals surface area contributed by atoms with Crippen LogP contribution >= 0.6 is 0 Å². The first kappa shape index (κ1) is 26.3. The summed E-state index contributed by atoms with van der Waals surface area (Å²) in [4.78, 5) is 12.3. The number of carbonyl (C=O) groups excluding carboxylic acids is 1. The van der Waals surface area contributed by atoms with Gasteiger partial charge in [-0.25, -0.2) is 4.79 Å². The van der Waals surface area contributed by atoms with E-state index >= 15 is 0 Å². The molecule has 0 amide bonds. The van der Waals surface area contributed by atoms with E-state index in [2.05, 4.69) is 0 Å². The highest BCUT2D eigenvalue weighted by atomic mass is 16.7. The van der Waals surface area contributed by atoms with Crippen molar-refractivity contribution in [3.63, 3.8) is 0 Å². The zero-order valence-electron chi connectivity index (χ0n) is 18.9. The second-order valence-corrected chi connectivity index (χ2v) is 8.09. The Balaban J connectivity index is 1.72. The highest BCUT2D eigenvalue weighted by molar-refractivity contribution is 5.91. The Kier molecular flexibility index (Phi) is 8.25. The van der Waals surface area contributed by atoms with Crippen LogP contribution in [0.25, 0.3) is 0 Å². The number of carbonyl (C=O) groups is 1. The van der Waals surface area contributed by atoms with Gasteiger partial charge in [0.1, 0.15) is 31.0 Å². The van der Waals surface area contributed by atoms with E-state index in [1.54, 1.807) is 12.1 Å². The van der Waals surface area contributed by atoms with E-state index in [9.17, 15) is 40.5 Å². The van der Waals surface area contributed by atoms with Gasteiger partial charge in [-0.1, -0.05) is 13.0 Å². The normalized spacial score (nSPS) is 25.0. The minimum Gasteiger partial charge on any atom is -0.504 e. The molecule has 0 aliphatic carbocycles. The molecule has 6 atom stereocenters. The van der Waals surface area contributed by atoms with E-state index in [4.69, 9.17) is 18.9 Å². The van der Waals surface area contributed by atoms with Crippen LogP contribution in [0.1, 0.15) is 28.8 Å². The number of ether oxygens (including phenoxy) is 4. The molecule has 3 rings (SSSR count). The van der Waals surface area contributed by atoms with Gasteiger partial charge in [-0.2, -0.15) is 0 Å². The Bertz CT molecular complexity index is 1020. The Morgan fingerprint density at radius 3 is 2.26 bits per heavy atom. The van der Waals surface area contributed by atoms with Gasteiger partial charge in [0.05, 0.1) is 12.7 Å². The van der Waals surface area contributed by atoms with Crippen molar-refractivity contribution in [3.8, 4) is 28.7 Å². The summed E-state index contributed by atoms with van der Waals surface area (Å²) in [5.41, 5.74) is 0.478. The first-order valence-corrected chi connectivity index (χ1v) is 10.6. The quantitative estimate of drug-likeness (QED) is 0.190. The fraction of sp³-hybridized carbons (Fsp3) is 0.435. The van der Waals surface area contributed by atoms with Crippen molar-refractivity contribution in [1.82, 2.24) is 0 Å². The summed E-state index contributed by atoms with van der Waals surface area (Å²) in [5, 5.41) is 68.7. The smallest absolute Gasteiger partial charge is 0.338 e. The predicted molar refractivity (Wildman–Crippen MR) is 118 cm³/mol. The van der Waals surface area contributed by atoms with Crippen LogP contribution in [0.3, 0.4) is 0 Å². The Labute approximate surface area is 200 Å². The monoisotopic (exact) mass is 496 g/mol. The first-order chi connectivity index (χ1) is 16.6. The third kappa shape index (κ3) is 5.69. The molecule has 1 aliphatic rings. The van der Waals surface area contributed by atoms with Gasteiger partial charge in [0.25, 0.3) is 0 Å². The van der Waals surface area contributed by atoms with Crippen molar-refractivity contribution in [2.45, 2.75) is 43.5 Å². The van der Waals surface area contributed by atoms with Crippen LogP contribution in [0.15, 0.2) is 30.3 Å². The second kappa shape index (κ2) is 11.0. The molecule has 0 aromatic heterocycles. The molecule has 0 radical (unpaired) electrons. The lowest BCUT2D eigenvalue weighted by Gasteiger charge is -2.40. The molecule has 2 aromatic carbocycles. The number of methoxy groups -OCH3 is 1. The number of aromatic hydroxyl groups is 3. The van der Waals surface area contributed by atoms with Crippen molar-refractivity contribution < 1.29 is 59.5 Å². The molecule has 0 saturated carbocycles. The molecule has 0 bridgehead atoms. The number of rotatable bonds is 8. The maximum atomic E-state index is 12.3. The lowest BCUT2D eigenvalue weighted by atomic mass is 9.99. The van der Waals surface area contributed by atoms with Crippen LogP contribution in [-0.4, -0.2) is 92.7 Å². The molecular formula is C23H28O12. The Hall–Kier alpha value is -3.29. The number of esters is 1. The summed E-state index contributed by atoms with van der Waals surface area (Å²) in [6.45, 7) is 1.14. The molecule has 1 fully saturated rings.